The minimum Gasteiger partial charge on any atom is -0.325 e. The second-order valence-electron chi connectivity index (χ2n) is 4.85. The van der Waals surface area contributed by atoms with Crippen molar-refractivity contribution < 1.29 is 4.79 Å². The average molecular weight is 303 g/mol. The summed E-state index contributed by atoms with van der Waals surface area (Å²) >= 11 is 11.8. The van der Waals surface area contributed by atoms with E-state index in [-0.39, 0.29) is 5.91 Å². The van der Waals surface area contributed by atoms with Crippen LogP contribution in [0.2, 0.25) is 10.0 Å². The number of benzene rings is 1. The zero-order chi connectivity index (χ0) is 14.3. The van der Waals surface area contributed by atoms with Gasteiger partial charge in [-0.3, -0.25) is 4.79 Å². The van der Waals surface area contributed by atoms with Crippen LogP contribution in [0.3, 0.4) is 0 Å². The molecule has 5 heteroatoms. The van der Waals surface area contributed by atoms with Crippen LogP contribution >= 0.6 is 23.2 Å². The first-order valence-corrected chi connectivity index (χ1v) is 7.20. The Balaban J connectivity index is 2.27. The largest absolute Gasteiger partial charge is 0.325 e. The molecule has 2 N–H and O–H groups in total. The lowest BCUT2D eigenvalue weighted by atomic mass is 10.1. The van der Waals surface area contributed by atoms with E-state index in [1.807, 2.05) is 0 Å². The highest BCUT2D eigenvalue weighted by atomic mass is 35.5. The molecule has 0 spiro atoms. The van der Waals surface area contributed by atoms with Gasteiger partial charge in [-0.2, -0.15) is 0 Å². The Hall–Kier alpha value is -0.770. The molecule has 1 amide bonds. The molecule has 19 heavy (non-hydrogen) atoms. The molecule has 0 aromatic heterocycles. The Labute approximate surface area is 124 Å². The molecule has 0 atom stereocenters. The van der Waals surface area contributed by atoms with Crippen molar-refractivity contribution in [1.29, 1.82) is 0 Å². The van der Waals surface area contributed by atoms with E-state index in [2.05, 4.69) is 24.5 Å². The maximum atomic E-state index is 11.7. The second-order valence-corrected chi connectivity index (χ2v) is 5.70. The summed E-state index contributed by atoms with van der Waals surface area (Å²) in [7, 11) is 0. The second kappa shape index (κ2) is 8.41. The van der Waals surface area contributed by atoms with Crippen LogP contribution in [0.15, 0.2) is 18.2 Å². The Morgan fingerprint density at radius 3 is 2.63 bits per heavy atom. The third-order valence-electron chi connectivity index (χ3n) is 2.63. The van der Waals surface area contributed by atoms with Gasteiger partial charge in [0.15, 0.2) is 0 Å². The van der Waals surface area contributed by atoms with Gasteiger partial charge in [0.05, 0.1) is 10.7 Å². The van der Waals surface area contributed by atoms with Crippen LogP contribution in [0.4, 0.5) is 5.69 Å². The number of hydrogen-bond acceptors (Lipinski definition) is 2. The number of anilines is 1. The van der Waals surface area contributed by atoms with E-state index in [0.717, 1.165) is 13.0 Å². The van der Waals surface area contributed by atoms with E-state index in [4.69, 9.17) is 23.2 Å². The van der Waals surface area contributed by atoms with E-state index >= 15 is 0 Å². The number of hydrogen-bond donors (Lipinski definition) is 2. The number of carbonyl (C=O) groups is 1. The molecule has 0 aliphatic carbocycles. The quantitative estimate of drug-likeness (QED) is 0.749. The van der Waals surface area contributed by atoms with Crippen LogP contribution in [0.5, 0.6) is 0 Å². The molecule has 0 fully saturated rings. The predicted molar refractivity (Wildman–Crippen MR) is 82.0 cm³/mol. The topological polar surface area (TPSA) is 41.1 Å². The van der Waals surface area contributed by atoms with Gasteiger partial charge in [-0.15, -0.1) is 0 Å². The highest BCUT2D eigenvalue weighted by Crippen LogP contribution is 2.25. The van der Waals surface area contributed by atoms with Crippen molar-refractivity contribution in [2.45, 2.75) is 26.7 Å². The number of amides is 1. The third kappa shape index (κ3) is 6.81. The SMILES string of the molecule is CC(C)CCNCCC(=O)Nc1ccc(Cl)cc1Cl. The lowest BCUT2D eigenvalue weighted by Crippen LogP contribution is -2.23. The fraction of sp³-hybridized carbons (Fsp3) is 0.500. The zero-order valence-electron chi connectivity index (χ0n) is 11.3. The normalized spacial score (nSPS) is 10.8. The first-order valence-electron chi connectivity index (χ1n) is 6.44. The van der Waals surface area contributed by atoms with Crippen LogP contribution < -0.4 is 10.6 Å². The van der Waals surface area contributed by atoms with Crippen molar-refractivity contribution in [3.05, 3.63) is 28.2 Å². The molecule has 0 bridgehead atoms. The standard InChI is InChI=1S/C14H20Cl2N2O/c1-10(2)5-7-17-8-6-14(19)18-13-4-3-11(15)9-12(13)16/h3-4,9-10,17H,5-8H2,1-2H3,(H,18,19). The fourth-order valence-corrected chi connectivity index (χ4v) is 1.98. The molecule has 0 saturated carbocycles. The van der Waals surface area contributed by atoms with Crippen molar-refractivity contribution in [3.8, 4) is 0 Å². The van der Waals surface area contributed by atoms with E-state index in [9.17, 15) is 4.79 Å². The third-order valence-corrected chi connectivity index (χ3v) is 3.18. The summed E-state index contributed by atoms with van der Waals surface area (Å²) in [5, 5.41) is 7.02. The number of halogens is 2. The molecule has 0 aliphatic rings. The Kier molecular flexibility index (Phi) is 7.21. The summed E-state index contributed by atoms with van der Waals surface area (Å²) < 4.78 is 0. The molecule has 0 radical (unpaired) electrons. The van der Waals surface area contributed by atoms with Crippen LogP contribution in [0.1, 0.15) is 26.7 Å². The molecule has 1 aromatic rings. The highest BCUT2D eigenvalue weighted by Gasteiger charge is 2.06. The predicted octanol–water partition coefficient (Wildman–Crippen LogP) is 3.96. The number of carbonyl (C=O) groups excluding carboxylic acids is 1. The molecule has 0 saturated heterocycles. The van der Waals surface area contributed by atoms with Gasteiger partial charge in [0, 0.05) is 18.0 Å². The molecule has 0 heterocycles. The van der Waals surface area contributed by atoms with Crippen LogP contribution in [0.25, 0.3) is 0 Å². The molecular formula is C14H20Cl2N2O. The first kappa shape index (κ1) is 16.3. The van der Waals surface area contributed by atoms with Gasteiger partial charge in [-0.25, -0.2) is 0 Å². The summed E-state index contributed by atoms with van der Waals surface area (Å²) in [6, 6.07) is 5.01. The van der Waals surface area contributed by atoms with E-state index in [0.29, 0.717) is 34.6 Å². The highest BCUT2D eigenvalue weighted by molar-refractivity contribution is 6.36. The van der Waals surface area contributed by atoms with Gasteiger partial charge in [0.1, 0.15) is 0 Å². The van der Waals surface area contributed by atoms with Gasteiger partial charge >= 0.3 is 0 Å². The van der Waals surface area contributed by atoms with Gasteiger partial charge in [-0.05, 0) is 37.1 Å². The van der Waals surface area contributed by atoms with Crippen LogP contribution in [0, 0.1) is 5.92 Å². The smallest absolute Gasteiger partial charge is 0.225 e. The van der Waals surface area contributed by atoms with Gasteiger partial charge in [0.2, 0.25) is 5.91 Å². The maximum absolute atomic E-state index is 11.7. The summed E-state index contributed by atoms with van der Waals surface area (Å²) in [6.45, 7) is 5.96. The first-order chi connectivity index (χ1) is 8.99. The Bertz CT molecular complexity index is 422. The Morgan fingerprint density at radius 2 is 2.00 bits per heavy atom. The summed E-state index contributed by atoms with van der Waals surface area (Å²) in [4.78, 5) is 11.7. The fourth-order valence-electron chi connectivity index (χ4n) is 1.52. The summed E-state index contributed by atoms with van der Waals surface area (Å²) in [5.41, 5.74) is 0.596. The van der Waals surface area contributed by atoms with E-state index in [1.54, 1.807) is 18.2 Å². The molecule has 106 valence electrons. The number of rotatable bonds is 7. The summed E-state index contributed by atoms with van der Waals surface area (Å²) in [5.74, 6) is 0.621. The molecule has 3 nitrogen and oxygen atoms in total. The van der Waals surface area contributed by atoms with Gasteiger partial charge in [0.25, 0.3) is 0 Å². The van der Waals surface area contributed by atoms with Gasteiger partial charge < -0.3 is 10.6 Å². The average Bonchev–Trinajstić information content (AvgIpc) is 2.32. The van der Waals surface area contributed by atoms with E-state index in [1.165, 1.54) is 0 Å². The monoisotopic (exact) mass is 302 g/mol. The van der Waals surface area contributed by atoms with Crippen LogP contribution in [-0.2, 0) is 4.79 Å². The summed E-state index contributed by atoms with van der Waals surface area (Å²) in [6.07, 6.45) is 1.54. The molecule has 1 rings (SSSR count). The lowest BCUT2D eigenvalue weighted by Gasteiger charge is -2.09. The minimum absolute atomic E-state index is 0.0544. The molecule has 0 aliphatic heterocycles. The van der Waals surface area contributed by atoms with Crippen molar-refractivity contribution in [2.24, 2.45) is 5.92 Å². The van der Waals surface area contributed by atoms with Crippen molar-refractivity contribution in [1.82, 2.24) is 5.32 Å². The Morgan fingerprint density at radius 1 is 1.26 bits per heavy atom. The van der Waals surface area contributed by atoms with Crippen LogP contribution in [-0.4, -0.2) is 19.0 Å². The minimum atomic E-state index is -0.0544. The van der Waals surface area contributed by atoms with Crippen molar-refractivity contribution in [2.75, 3.05) is 18.4 Å². The lowest BCUT2D eigenvalue weighted by molar-refractivity contribution is -0.116. The van der Waals surface area contributed by atoms with Gasteiger partial charge in [-0.1, -0.05) is 37.0 Å². The zero-order valence-corrected chi connectivity index (χ0v) is 12.8. The van der Waals surface area contributed by atoms with Crippen molar-refractivity contribution >= 4 is 34.8 Å². The molecule has 0 unspecified atom stereocenters. The number of nitrogens with one attached hydrogen (secondary N) is 2. The van der Waals surface area contributed by atoms with Crippen molar-refractivity contribution in [3.63, 3.8) is 0 Å². The molecule has 1 aromatic carbocycles. The van der Waals surface area contributed by atoms with E-state index < -0.39 is 0 Å². The maximum Gasteiger partial charge on any atom is 0.225 e. The molecular weight excluding hydrogens is 283 g/mol.